The van der Waals surface area contributed by atoms with Crippen molar-refractivity contribution in [2.75, 3.05) is 33.5 Å². The van der Waals surface area contributed by atoms with Crippen LogP contribution in [0.25, 0.3) is 0 Å². The summed E-state index contributed by atoms with van der Waals surface area (Å²) in [5, 5.41) is 2.85. The van der Waals surface area contributed by atoms with Gasteiger partial charge in [0.2, 0.25) is 5.91 Å². The average Bonchev–Trinajstić information content (AvgIpc) is 2.67. The third-order valence-electron chi connectivity index (χ3n) is 4.59. The fourth-order valence-electron chi connectivity index (χ4n) is 2.90. The molecule has 1 amide bonds. The van der Waals surface area contributed by atoms with Crippen molar-refractivity contribution in [3.63, 3.8) is 0 Å². The number of nitrogens with zero attached hydrogens (tertiary/aromatic N) is 1. The molecule has 0 saturated carbocycles. The van der Waals surface area contributed by atoms with E-state index in [1.807, 2.05) is 50.2 Å². The van der Waals surface area contributed by atoms with E-state index < -0.39 is 9.84 Å². The van der Waals surface area contributed by atoms with Gasteiger partial charge in [-0.05, 0) is 39.2 Å². The minimum Gasteiger partial charge on any atom is -0.496 e. The van der Waals surface area contributed by atoms with Gasteiger partial charge in [0.1, 0.15) is 5.75 Å². The Morgan fingerprint density at radius 1 is 1.11 bits per heavy atom. The molecular formula is C21H28N2O4S. The zero-order valence-electron chi connectivity index (χ0n) is 16.8. The lowest BCUT2D eigenvalue weighted by Gasteiger charge is -2.26. The topological polar surface area (TPSA) is 75.7 Å². The maximum absolute atomic E-state index is 12.4. The fourth-order valence-corrected chi connectivity index (χ4v) is 4.14. The minimum absolute atomic E-state index is 0.0811. The molecule has 1 atom stereocenters. The predicted molar refractivity (Wildman–Crippen MR) is 110 cm³/mol. The number of ether oxygens (including phenoxy) is 1. The zero-order chi connectivity index (χ0) is 20.7. The van der Waals surface area contributed by atoms with Crippen LogP contribution < -0.4 is 10.1 Å². The number of nitrogens with one attached hydrogen (secondary N) is 1. The molecule has 6 nitrogen and oxygen atoms in total. The van der Waals surface area contributed by atoms with Gasteiger partial charge in [-0.3, -0.25) is 4.79 Å². The Balaban J connectivity index is 1.97. The fraction of sp³-hybridized carbons (Fsp3) is 0.381. The number of hydrogen-bond donors (Lipinski definition) is 1. The van der Waals surface area contributed by atoms with E-state index in [0.29, 0.717) is 6.54 Å². The molecule has 0 aliphatic rings. The number of rotatable bonds is 9. The second kappa shape index (κ2) is 9.71. The molecule has 0 spiro atoms. The van der Waals surface area contributed by atoms with Crippen molar-refractivity contribution in [3.05, 3.63) is 59.7 Å². The normalized spacial score (nSPS) is 12.6. The Morgan fingerprint density at radius 3 is 2.36 bits per heavy atom. The summed E-state index contributed by atoms with van der Waals surface area (Å²) in [6, 6.07) is 14.2. The maximum Gasteiger partial charge on any atom is 0.221 e. The summed E-state index contributed by atoms with van der Waals surface area (Å²) in [4.78, 5) is 14.5. The van der Waals surface area contributed by atoms with E-state index in [1.54, 1.807) is 31.4 Å². The molecule has 0 aliphatic heterocycles. The summed E-state index contributed by atoms with van der Waals surface area (Å²) < 4.78 is 30.2. The van der Waals surface area contributed by atoms with Crippen molar-refractivity contribution in [3.8, 4) is 5.75 Å². The van der Waals surface area contributed by atoms with E-state index in [2.05, 4.69) is 5.32 Å². The first-order valence-corrected chi connectivity index (χ1v) is 10.8. The molecule has 152 valence electrons. The largest absolute Gasteiger partial charge is 0.496 e. The van der Waals surface area contributed by atoms with E-state index >= 15 is 0 Å². The highest BCUT2D eigenvalue weighted by atomic mass is 32.2. The molecule has 0 aliphatic carbocycles. The van der Waals surface area contributed by atoms with E-state index in [0.717, 1.165) is 16.9 Å². The Morgan fingerprint density at radius 2 is 1.75 bits per heavy atom. The van der Waals surface area contributed by atoms with Crippen LogP contribution in [0.5, 0.6) is 5.75 Å². The summed E-state index contributed by atoms with van der Waals surface area (Å²) in [6.45, 7) is 2.25. The number of sulfone groups is 1. The Kier molecular flexibility index (Phi) is 7.60. The predicted octanol–water partition coefficient (Wildman–Crippen LogP) is 2.59. The number of carbonyl (C=O) groups excluding carboxylic acids is 1. The molecule has 28 heavy (non-hydrogen) atoms. The molecule has 0 saturated heterocycles. The first-order valence-electron chi connectivity index (χ1n) is 9.10. The van der Waals surface area contributed by atoms with E-state index in [1.165, 1.54) is 0 Å². The van der Waals surface area contributed by atoms with Gasteiger partial charge in [-0.1, -0.05) is 35.9 Å². The van der Waals surface area contributed by atoms with Crippen LogP contribution in [0, 0.1) is 6.92 Å². The van der Waals surface area contributed by atoms with Crippen molar-refractivity contribution in [2.24, 2.45) is 0 Å². The second-order valence-corrected chi connectivity index (χ2v) is 9.02. The number of likely N-dealkylation sites (N-methyl/N-ethyl adjacent to an activating group) is 1. The highest BCUT2D eigenvalue weighted by Gasteiger charge is 2.20. The van der Waals surface area contributed by atoms with Crippen molar-refractivity contribution < 1.29 is 17.9 Å². The van der Waals surface area contributed by atoms with Gasteiger partial charge in [0.25, 0.3) is 0 Å². The van der Waals surface area contributed by atoms with E-state index in [4.69, 9.17) is 4.74 Å². The number of para-hydroxylation sites is 1. The number of methoxy groups -OCH3 is 1. The molecule has 7 heteroatoms. The Bertz CT molecular complexity index is 893. The quantitative estimate of drug-likeness (QED) is 0.695. The molecular weight excluding hydrogens is 376 g/mol. The lowest BCUT2D eigenvalue weighted by molar-refractivity contribution is -0.120. The second-order valence-electron chi connectivity index (χ2n) is 6.91. The van der Waals surface area contributed by atoms with Crippen molar-refractivity contribution >= 4 is 15.7 Å². The van der Waals surface area contributed by atoms with Gasteiger partial charge in [-0.2, -0.15) is 0 Å². The highest BCUT2D eigenvalue weighted by molar-refractivity contribution is 7.91. The van der Waals surface area contributed by atoms with Crippen molar-refractivity contribution in [1.29, 1.82) is 0 Å². The van der Waals surface area contributed by atoms with Gasteiger partial charge in [-0.25, -0.2) is 8.42 Å². The molecule has 2 aromatic rings. The van der Waals surface area contributed by atoms with Gasteiger partial charge < -0.3 is 15.0 Å². The van der Waals surface area contributed by atoms with Gasteiger partial charge in [-0.15, -0.1) is 0 Å². The van der Waals surface area contributed by atoms with Crippen LogP contribution in [0.1, 0.15) is 23.6 Å². The smallest absolute Gasteiger partial charge is 0.221 e. The number of aryl methyl sites for hydroxylation is 1. The van der Waals surface area contributed by atoms with Crippen LogP contribution >= 0.6 is 0 Å². The van der Waals surface area contributed by atoms with Gasteiger partial charge in [0.15, 0.2) is 9.84 Å². The first kappa shape index (κ1) is 21.9. The van der Waals surface area contributed by atoms with Crippen LogP contribution in [0.3, 0.4) is 0 Å². The third-order valence-corrected chi connectivity index (χ3v) is 6.32. The van der Waals surface area contributed by atoms with E-state index in [9.17, 15) is 13.2 Å². The van der Waals surface area contributed by atoms with Gasteiger partial charge in [0, 0.05) is 18.5 Å². The highest BCUT2D eigenvalue weighted by Crippen LogP contribution is 2.27. The van der Waals surface area contributed by atoms with Gasteiger partial charge >= 0.3 is 0 Å². The summed E-state index contributed by atoms with van der Waals surface area (Å²) in [5.74, 6) is 0.234. The summed E-state index contributed by atoms with van der Waals surface area (Å²) >= 11 is 0. The number of amides is 1. The third kappa shape index (κ3) is 5.81. The minimum atomic E-state index is -3.48. The van der Waals surface area contributed by atoms with Crippen LogP contribution in [0.15, 0.2) is 53.4 Å². The van der Waals surface area contributed by atoms with Crippen LogP contribution in [-0.4, -0.2) is 52.7 Å². The first-order chi connectivity index (χ1) is 13.2. The molecule has 1 unspecified atom stereocenters. The van der Waals surface area contributed by atoms with Crippen LogP contribution in [0.2, 0.25) is 0 Å². The summed E-state index contributed by atoms with van der Waals surface area (Å²) in [6.07, 6.45) is -0.0811. The van der Waals surface area contributed by atoms with E-state index in [-0.39, 0.29) is 29.0 Å². The monoisotopic (exact) mass is 404 g/mol. The molecule has 0 radical (unpaired) electrons. The zero-order valence-corrected chi connectivity index (χ0v) is 17.6. The molecule has 0 bridgehead atoms. The average molecular weight is 405 g/mol. The molecule has 0 heterocycles. The Hall–Kier alpha value is -2.38. The van der Waals surface area contributed by atoms with Crippen LogP contribution in [0.4, 0.5) is 0 Å². The number of benzene rings is 2. The molecule has 0 fully saturated rings. The molecule has 1 N–H and O–H groups in total. The maximum atomic E-state index is 12.4. The lowest BCUT2D eigenvalue weighted by Crippen LogP contribution is -2.35. The SMILES string of the molecule is COc1ccccc1C(CNC(=O)CCS(=O)(=O)c1ccc(C)cc1)N(C)C. The summed E-state index contributed by atoms with van der Waals surface area (Å²) in [7, 11) is 1.97. The van der Waals surface area contributed by atoms with Crippen molar-refractivity contribution in [1.82, 2.24) is 10.2 Å². The molecule has 2 aromatic carbocycles. The number of carbonyl (C=O) groups is 1. The van der Waals surface area contributed by atoms with Gasteiger partial charge in [0.05, 0.1) is 23.8 Å². The van der Waals surface area contributed by atoms with Crippen LogP contribution in [-0.2, 0) is 14.6 Å². The van der Waals surface area contributed by atoms with Crippen molar-refractivity contribution in [2.45, 2.75) is 24.3 Å². The summed E-state index contributed by atoms with van der Waals surface area (Å²) in [5.41, 5.74) is 1.95. The number of hydrogen-bond acceptors (Lipinski definition) is 5. The standard InChI is InChI=1S/C21H28N2O4S/c1-16-9-11-17(12-10-16)28(25,26)14-13-21(24)22-15-19(23(2)3)18-7-5-6-8-20(18)27-4/h5-12,19H,13-15H2,1-4H3,(H,22,24). The Labute approximate surface area is 167 Å². The lowest BCUT2D eigenvalue weighted by atomic mass is 10.0. The molecule has 2 rings (SSSR count). The molecule has 0 aromatic heterocycles.